The van der Waals surface area contributed by atoms with Gasteiger partial charge in [-0.15, -0.1) is 0 Å². The molecule has 0 radical (unpaired) electrons. The average molecular weight is 364 g/mol. The number of para-hydroxylation sites is 1. The van der Waals surface area contributed by atoms with Gasteiger partial charge in [-0.25, -0.2) is 0 Å². The Morgan fingerprint density at radius 1 is 1.26 bits per heavy atom. The molecule has 0 bridgehead atoms. The molecule has 6 heteroatoms. The number of ether oxygens (including phenoxy) is 1. The summed E-state index contributed by atoms with van der Waals surface area (Å²) in [5.41, 5.74) is 3.64. The van der Waals surface area contributed by atoms with Gasteiger partial charge in [0, 0.05) is 31.6 Å². The van der Waals surface area contributed by atoms with E-state index < -0.39 is 0 Å². The molecule has 0 aliphatic carbocycles. The highest BCUT2D eigenvalue weighted by Gasteiger charge is 2.17. The predicted octanol–water partition coefficient (Wildman–Crippen LogP) is 2.71. The summed E-state index contributed by atoms with van der Waals surface area (Å²) in [7, 11) is 0. The molecule has 0 saturated carbocycles. The number of H-pyrrole nitrogens is 1. The van der Waals surface area contributed by atoms with Crippen molar-refractivity contribution >= 4 is 16.8 Å². The molecule has 1 fully saturated rings. The van der Waals surface area contributed by atoms with E-state index in [9.17, 15) is 4.79 Å². The second-order valence-corrected chi connectivity index (χ2v) is 7.04. The lowest BCUT2D eigenvalue weighted by Gasteiger charge is -2.31. The minimum absolute atomic E-state index is 0.167. The van der Waals surface area contributed by atoms with Gasteiger partial charge in [0.15, 0.2) is 5.69 Å². The smallest absolute Gasteiger partial charge is 0.272 e. The van der Waals surface area contributed by atoms with Crippen molar-refractivity contribution < 1.29 is 9.53 Å². The first-order valence-electron chi connectivity index (χ1n) is 9.32. The van der Waals surface area contributed by atoms with Crippen LogP contribution in [-0.2, 0) is 17.8 Å². The van der Waals surface area contributed by atoms with Crippen LogP contribution in [0.25, 0.3) is 10.9 Å². The van der Waals surface area contributed by atoms with Crippen LogP contribution in [0.5, 0.6) is 0 Å². The predicted molar refractivity (Wildman–Crippen MR) is 104 cm³/mol. The lowest BCUT2D eigenvalue weighted by Crippen LogP contribution is -2.40. The summed E-state index contributed by atoms with van der Waals surface area (Å²) >= 11 is 0. The van der Waals surface area contributed by atoms with Gasteiger partial charge in [-0.3, -0.25) is 14.8 Å². The molecule has 2 heterocycles. The monoisotopic (exact) mass is 364 g/mol. The topological polar surface area (TPSA) is 70.2 Å². The molecule has 3 aromatic rings. The lowest BCUT2D eigenvalue weighted by atomic mass is 10.1. The first-order valence-corrected chi connectivity index (χ1v) is 9.32. The van der Waals surface area contributed by atoms with Crippen molar-refractivity contribution in [1.82, 2.24) is 20.4 Å². The number of hydrogen-bond donors (Lipinski definition) is 2. The van der Waals surface area contributed by atoms with Gasteiger partial charge in [0.1, 0.15) is 0 Å². The maximum atomic E-state index is 12.5. The third kappa shape index (κ3) is 4.18. The van der Waals surface area contributed by atoms with Crippen molar-refractivity contribution in [3.63, 3.8) is 0 Å². The molecule has 140 valence electrons. The SMILES string of the molecule is CC1CN(Cc2cccc(CNC(=O)c3n[nH]c4ccccc34)c2)CCO1. The highest BCUT2D eigenvalue weighted by Crippen LogP contribution is 2.15. The highest BCUT2D eigenvalue weighted by atomic mass is 16.5. The summed E-state index contributed by atoms with van der Waals surface area (Å²) in [6, 6.07) is 16.0. The Hall–Kier alpha value is -2.70. The van der Waals surface area contributed by atoms with Crippen molar-refractivity contribution in [2.45, 2.75) is 26.1 Å². The van der Waals surface area contributed by atoms with E-state index in [1.807, 2.05) is 36.4 Å². The zero-order valence-electron chi connectivity index (χ0n) is 15.4. The zero-order valence-corrected chi connectivity index (χ0v) is 15.4. The van der Waals surface area contributed by atoms with Gasteiger partial charge >= 0.3 is 0 Å². The van der Waals surface area contributed by atoms with Crippen LogP contribution in [0, 0.1) is 0 Å². The van der Waals surface area contributed by atoms with Gasteiger partial charge in [-0.05, 0) is 24.1 Å². The average Bonchev–Trinajstić information content (AvgIpc) is 3.11. The van der Waals surface area contributed by atoms with Gasteiger partial charge < -0.3 is 10.1 Å². The summed E-state index contributed by atoms with van der Waals surface area (Å²) in [6.07, 6.45) is 0.282. The van der Waals surface area contributed by atoms with Crippen LogP contribution in [0.15, 0.2) is 48.5 Å². The summed E-state index contributed by atoms with van der Waals surface area (Å²) in [5, 5.41) is 10.9. The molecular weight excluding hydrogens is 340 g/mol. The lowest BCUT2D eigenvalue weighted by molar-refractivity contribution is -0.0212. The van der Waals surface area contributed by atoms with E-state index in [-0.39, 0.29) is 12.0 Å². The van der Waals surface area contributed by atoms with Gasteiger partial charge in [0.2, 0.25) is 0 Å². The fourth-order valence-corrected chi connectivity index (χ4v) is 3.53. The third-order valence-electron chi connectivity index (χ3n) is 4.86. The number of amides is 1. The second-order valence-electron chi connectivity index (χ2n) is 7.04. The van der Waals surface area contributed by atoms with E-state index in [1.54, 1.807) is 0 Å². The molecule has 1 atom stereocenters. The second kappa shape index (κ2) is 7.90. The molecule has 1 amide bonds. The van der Waals surface area contributed by atoms with E-state index >= 15 is 0 Å². The molecule has 2 N–H and O–H groups in total. The molecule has 1 aliphatic heterocycles. The number of carbonyl (C=O) groups is 1. The quantitative estimate of drug-likeness (QED) is 0.730. The Morgan fingerprint density at radius 2 is 2.11 bits per heavy atom. The molecule has 6 nitrogen and oxygen atoms in total. The van der Waals surface area contributed by atoms with Crippen LogP contribution in [-0.4, -0.2) is 46.8 Å². The van der Waals surface area contributed by atoms with Crippen LogP contribution >= 0.6 is 0 Å². The third-order valence-corrected chi connectivity index (χ3v) is 4.86. The molecule has 0 spiro atoms. The van der Waals surface area contributed by atoms with Crippen molar-refractivity contribution in [3.05, 3.63) is 65.4 Å². The summed E-state index contributed by atoms with van der Waals surface area (Å²) in [5.74, 6) is -0.167. The Labute approximate surface area is 158 Å². The zero-order chi connectivity index (χ0) is 18.6. The largest absolute Gasteiger partial charge is 0.376 e. The van der Waals surface area contributed by atoms with Crippen molar-refractivity contribution in [2.24, 2.45) is 0 Å². The molecular formula is C21H24N4O2. The minimum Gasteiger partial charge on any atom is -0.376 e. The van der Waals surface area contributed by atoms with Crippen molar-refractivity contribution in [1.29, 1.82) is 0 Å². The number of hydrogen-bond acceptors (Lipinski definition) is 4. The van der Waals surface area contributed by atoms with E-state index in [1.165, 1.54) is 5.56 Å². The number of aromatic amines is 1. The summed E-state index contributed by atoms with van der Waals surface area (Å²) < 4.78 is 5.60. The number of rotatable bonds is 5. The maximum absolute atomic E-state index is 12.5. The number of aromatic nitrogens is 2. The van der Waals surface area contributed by atoms with Gasteiger partial charge in [-0.2, -0.15) is 5.10 Å². The van der Waals surface area contributed by atoms with Crippen LogP contribution < -0.4 is 5.32 Å². The van der Waals surface area contributed by atoms with Gasteiger partial charge in [-0.1, -0.05) is 42.5 Å². The Bertz CT molecular complexity index is 937. The molecule has 1 saturated heterocycles. The van der Waals surface area contributed by atoms with Crippen molar-refractivity contribution in [3.8, 4) is 0 Å². The van der Waals surface area contributed by atoms with Crippen molar-refractivity contribution in [2.75, 3.05) is 19.7 Å². The molecule has 27 heavy (non-hydrogen) atoms. The normalized spacial score (nSPS) is 17.9. The molecule has 2 aromatic carbocycles. The molecule has 1 aromatic heterocycles. The molecule has 1 unspecified atom stereocenters. The number of benzene rings is 2. The van der Waals surface area contributed by atoms with Crippen LogP contribution in [0.2, 0.25) is 0 Å². The number of fused-ring (bicyclic) bond motifs is 1. The standard InChI is InChI=1S/C21H24N4O2/c1-15-13-25(9-10-27-15)14-17-6-4-5-16(11-17)12-22-21(26)20-18-7-2-3-8-19(18)23-24-20/h2-8,11,15H,9-10,12-14H2,1H3,(H,22,26)(H,23,24). The van der Waals surface area contributed by atoms with Crippen LogP contribution in [0.1, 0.15) is 28.5 Å². The van der Waals surface area contributed by atoms with E-state index in [0.717, 1.165) is 42.7 Å². The Morgan fingerprint density at radius 3 is 3.00 bits per heavy atom. The minimum atomic E-state index is -0.167. The first kappa shape index (κ1) is 17.7. The van der Waals surface area contributed by atoms with Crippen LogP contribution in [0.3, 0.4) is 0 Å². The fourth-order valence-electron chi connectivity index (χ4n) is 3.53. The number of carbonyl (C=O) groups excluding carboxylic acids is 1. The van der Waals surface area contributed by atoms with E-state index in [0.29, 0.717) is 12.2 Å². The number of nitrogens with one attached hydrogen (secondary N) is 2. The van der Waals surface area contributed by atoms with E-state index in [4.69, 9.17) is 4.74 Å². The summed E-state index contributed by atoms with van der Waals surface area (Å²) in [6.45, 7) is 6.18. The first-order chi connectivity index (χ1) is 13.2. The van der Waals surface area contributed by atoms with E-state index in [2.05, 4.69) is 39.5 Å². The molecule has 1 aliphatic rings. The summed E-state index contributed by atoms with van der Waals surface area (Å²) in [4.78, 5) is 14.9. The Balaban J connectivity index is 1.39. The number of nitrogens with zero attached hydrogens (tertiary/aromatic N) is 2. The molecule has 4 rings (SSSR count). The van der Waals surface area contributed by atoms with Crippen LogP contribution in [0.4, 0.5) is 0 Å². The Kier molecular flexibility index (Phi) is 5.18. The van der Waals surface area contributed by atoms with Gasteiger partial charge in [0.25, 0.3) is 5.91 Å². The fraction of sp³-hybridized carbons (Fsp3) is 0.333. The number of morpholine rings is 1. The maximum Gasteiger partial charge on any atom is 0.272 e. The van der Waals surface area contributed by atoms with Gasteiger partial charge in [0.05, 0.1) is 18.2 Å². The highest BCUT2D eigenvalue weighted by molar-refractivity contribution is 6.04.